The highest BCUT2D eigenvalue weighted by atomic mass is 32.2. The lowest BCUT2D eigenvalue weighted by molar-refractivity contribution is -0.0500. The van der Waals surface area contributed by atoms with Crippen LogP contribution in [0.15, 0.2) is 18.5 Å². The fraction of sp³-hybridized carbons (Fsp3) is 0.143. The molecule has 0 atom stereocenters. The zero-order valence-corrected chi connectivity index (χ0v) is 8.21. The van der Waals surface area contributed by atoms with E-state index in [4.69, 9.17) is 5.26 Å². The van der Waals surface area contributed by atoms with E-state index in [0.29, 0.717) is 6.20 Å². The molecule has 0 saturated heterocycles. The Morgan fingerprint density at radius 3 is 2.56 bits per heavy atom. The zero-order valence-electron chi connectivity index (χ0n) is 7.39. The minimum Gasteiger partial charge on any atom is -0.373 e. The maximum atomic E-state index is 11.9. The van der Waals surface area contributed by atoms with Crippen molar-refractivity contribution in [3.63, 3.8) is 0 Å². The molecule has 86 valence electrons. The molecular weight excluding hydrogens is 249 g/mol. The second-order valence-corrected chi connectivity index (χ2v) is 4.00. The van der Waals surface area contributed by atoms with Crippen LogP contribution in [0.3, 0.4) is 0 Å². The second kappa shape index (κ2) is 3.97. The predicted molar refractivity (Wildman–Crippen MR) is 44.6 cm³/mol. The van der Waals surface area contributed by atoms with Crippen LogP contribution in [-0.2, 0) is 10.1 Å². The van der Waals surface area contributed by atoms with Gasteiger partial charge in [0.2, 0.25) is 0 Å². The lowest BCUT2D eigenvalue weighted by Crippen LogP contribution is -2.28. The molecule has 0 aromatic carbocycles. The fourth-order valence-corrected chi connectivity index (χ4v) is 1.17. The highest BCUT2D eigenvalue weighted by molar-refractivity contribution is 7.88. The number of rotatable bonds is 2. The SMILES string of the molecule is N#Cc1ccncc1OS(=O)(=O)C(F)(F)F. The molecule has 1 aromatic heterocycles. The van der Waals surface area contributed by atoms with Crippen molar-refractivity contribution >= 4 is 10.1 Å². The maximum absolute atomic E-state index is 11.9. The van der Waals surface area contributed by atoms with Crippen molar-refractivity contribution in [2.24, 2.45) is 0 Å². The van der Waals surface area contributed by atoms with Crippen LogP contribution >= 0.6 is 0 Å². The lowest BCUT2D eigenvalue weighted by Gasteiger charge is -2.09. The van der Waals surface area contributed by atoms with Crippen LogP contribution in [0.1, 0.15) is 5.56 Å². The number of alkyl halides is 3. The summed E-state index contributed by atoms with van der Waals surface area (Å²) in [6.07, 6.45) is 1.83. The minimum atomic E-state index is -5.77. The van der Waals surface area contributed by atoms with E-state index < -0.39 is 21.4 Å². The largest absolute Gasteiger partial charge is 0.534 e. The molecule has 16 heavy (non-hydrogen) atoms. The molecule has 0 aliphatic heterocycles. The Balaban J connectivity index is 3.13. The van der Waals surface area contributed by atoms with Gasteiger partial charge in [0.25, 0.3) is 0 Å². The number of nitriles is 1. The highest BCUT2D eigenvalue weighted by Gasteiger charge is 2.48. The van der Waals surface area contributed by atoms with Crippen LogP contribution in [0.25, 0.3) is 0 Å². The van der Waals surface area contributed by atoms with Gasteiger partial charge in [-0.1, -0.05) is 0 Å². The predicted octanol–water partition coefficient (Wildman–Crippen LogP) is 1.18. The number of hydrogen-bond donors (Lipinski definition) is 0. The third-order valence-corrected chi connectivity index (χ3v) is 2.35. The van der Waals surface area contributed by atoms with Crippen LogP contribution < -0.4 is 4.18 Å². The first-order chi connectivity index (χ1) is 7.28. The molecule has 0 N–H and O–H groups in total. The van der Waals surface area contributed by atoms with E-state index in [1.807, 2.05) is 0 Å². The first-order valence-electron chi connectivity index (χ1n) is 3.63. The molecular formula is C7H3F3N2O3S. The molecule has 0 saturated carbocycles. The van der Waals surface area contributed by atoms with Crippen molar-refractivity contribution in [1.29, 1.82) is 5.26 Å². The van der Waals surface area contributed by atoms with Gasteiger partial charge in [-0.25, -0.2) is 0 Å². The third-order valence-electron chi connectivity index (χ3n) is 1.39. The summed E-state index contributed by atoms with van der Waals surface area (Å²) < 4.78 is 60.8. The Morgan fingerprint density at radius 1 is 1.44 bits per heavy atom. The van der Waals surface area contributed by atoms with Gasteiger partial charge in [0.1, 0.15) is 6.07 Å². The molecule has 1 heterocycles. The van der Waals surface area contributed by atoms with E-state index in [0.717, 1.165) is 12.3 Å². The highest BCUT2D eigenvalue weighted by Crippen LogP contribution is 2.27. The van der Waals surface area contributed by atoms with Crippen LogP contribution in [0.5, 0.6) is 5.75 Å². The van der Waals surface area contributed by atoms with E-state index in [-0.39, 0.29) is 5.56 Å². The fourth-order valence-electron chi connectivity index (χ4n) is 0.704. The van der Waals surface area contributed by atoms with Gasteiger partial charge >= 0.3 is 15.6 Å². The molecule has 0 fully saturated rings. The molecule has 0 amide bonds. The summed E-state index contributed by atoms with van der Waals surface area (Å²) in [7, 11) is -5.77. The Labute approximate surface area is 88.2 Å². The molecule has 0 unspecified atom stereocenters. The monoisotopic (exact) mass is 252 g/mol. The van der Waals surface area contributed by atoms with Crippen molar-refractivity contribution in [3.8, 4) is 11.8 Å². The topological polar surface area (TPSA) is 80.0 Å². The van der Waals surface area contributed by atoms with Crippen molar-refractivity contribution in [1.82, 2.24) is 4.98 Å². The van der Waals surface area contributed by atoms with Crippen molar-refractivity contribution in [3.05, 3.63) is 24.0 Å². The van der Waals surface area contributed by atoms with Crippen molar-refractivity contribution < 1.29 is 25.8 Å². The first-order valence-corrected chi connectivity index (χ1v) is 5.03. The third kappa shape index (κ3) is 2.40. The Kier molecular flexibility index (Phi) is 3.04. The van der Waals surface area contributed by atoms with Gasteiger partial charge in [-0.05, 0) is 6.07 Å². The van der Waals surface area contributed by atoms with Gasteiger partial charge in [-0.2, -0.15) is 26.9 Å². The van der Waals surface area contributed by atoms with Gasteiger partial charge in [0.15, 0.2) is 5.75 Å². The van der Waals surface area contributed by atoms with E-state index in [2.05, 4.69) is 9.17 Å². The van der Waals surface area contributed by atoms with Gasteiger partial charge in [-0.15, -0.1) is 0 Å². The van der Waals surface area contributed by atoms with E-state index in [1.165, 1.54) is 6.07 Å². The van der Waals surface area contributed by atoms with Crippen LogP contribution in [0.4, 0.5) is 13.2 Å². The smallest absolute Gasteiger partial charge is 0.373 e. The van der Waals surface area contributed by atoms with Gasteiger partial charge in [-0.3, -0.25) is 4.98 Å². The second-order valence-electron chi connectivity index (χ2n) is 2.47. The molecule has 5 nitrogen and oxygen atoms in total. The van der Waals surface area contributed by atoms with Crippen molar-refractivity contribution in [2.75, 3.05) is 0 Å². The van der Waals surface area contributed by atoms with Gasteiger partial charge in [0.05, 0.1) is 11.8 Å². The molecule has 1 aromatic rings. The summed E-state index contributed by atoms with van der Waals surface area (Å²) in [6, 6.07) is 2.50. The van der Waals surface area contributed by atoms with Gasteiger partial charge in [0, 0.05) is 6.20 Å². The van der Waals surface area contributed by atoms with E-state index in [9.17, 15) is 21.6 Å². The van der Waals surface area contributed by atoms with E-state index >= 15 is 0 Å². The molecule has 1 rings (SSSR count). The quantitative estimate of drug-likeness (QED) is 0.583. The molecule has 0 bridgehead atoms. The van der Waals surface area contributed by atoms with E-state index in [1.54, 1.807) is 0 Å². The summed E-state index contributed by atoms with van der Waals surface area (Å²) in [6.45, 7) is 0. The number of pyridine rings is 1. The minimum absolute atomic E-state index is 0.358. The number of nitrogens with zero attached hydrogens (tertiary/aromatic N) is 2. The molecule has 0 radical (unpaired) electrons. The molecule has 9 heteroatoms. The number of aromatic nitrogens is 1. The average molecular weight is 252 g/mol. The lowest BCUT2D eigenvalue weighted by atomic mass is 10.3. The Morgan fingerprint density at radius 2 is 2.06 bits per heavy atom. The summed E-state index contributed by atoms with van der Waals surface area (Å²) >= 11 is 0. The van der Waals surface area contributed by atoms with Crippen molar-refractivity contribution in [2.45, 2.75) is 5.51 Å². The molecule has 0 aliphatic carbocycles. The normalized spacial score (nSPS) is 11.9. The Hall–Kier alpha value is -1.82. The number of halogens is 3. The van der Waals surface area contributed by atoms with Crippen LogP contribution in [-0.4, -0.2) is 18.9 Å². The van der Waals surface area contributed by atoms with Crippen LogP contribution in [0, 0.1) is 11.3 Å². The first kappa shape index (κ1) is 12.3. The summed E-state index contributed by atoms with van der Waals surface area (Å²) in [5.41, 5.74) is -5.90. The summed E-state index contributed by atoms with van der Waals surface area (Å²) in [5.74, 6) is -0.762. The van der Waals surface area contributed by atoms with Gasteiger partial charge < -0.3 is 4.18 Å². The zero-order chi connectivity index (χ0) is 12.4. The number of hydrogen-bond acceptors (Lipinski definition) is 5. The molecule has 0 spiro atoms. The Bertz CT molecular complexity index is 533. The summed E-state index contributed by atoms with van der Waals surface area (Å²) in [5, 5.41) is 8.48. The average Bonchev–Trinajstić information content (AvgIpc) is 2.16. The summed E-state index contributed by atoms with van der Waals surface area (Å²) in [4.78, 5) is 3.35. The molecule has 0 aliphatic rings. The van der Waals surface area contributed by atoms with Crippen LogP contribution in [0.2, 0.25) is 0 Å². The maximum Gasteiger partial charge on any atom is 0.534 e. The standard InChI is InChI=1S/C7H3F3N2O3S/c8-7(9,10)16(13,14)15-6-4-12-2-1-5(6)3-11/h1-2,4H.